The fourth-order valence-electron chi connectivity index (χ4n) is 3.25. The summed E-state index contributed by atoms with van der Waals surface area (Å²) in [6, 6.07) is 4.71. The summed E-state index contributed by atoms with van der Waals surface area (Å²) in [4.78, 5) is 59.5. The zero-order valence-corrected chi connectivity index (χ0v) is 21.5. The van der Waals surface area contributed by atoms with Gasteiger partial charge in [-0.15, -0.1) is 0 Å². The number of anilines is 1. The number of carbonyl (C=O) groups excluding carboxylic acids is 4. The second-order valence-electron chi connectivity index (χ2n) is 8.16. The van der Waals surface area contributed by atoms with Crippen molar-refractivity contribution in [3.05, 3.63) is 30.3 Å². The van der Waals surface area contributed by atoms with E-state index in [4.69, 9.17) is 15.6 Å². The first-order valence-corrected chi connectivity index (χ1v) is 12.9. The lowest BCUT2D eigenvalue weighted by atomic mass is 10.0. The van der Waals surface area contributed by atoms with Crippen molar-refractivity contribution in [1.82, 2.24) is 10.6 Å². The number of amides is 3. The van der Waals surface area contributed by atoms with Crippen LogP contribution in [0.15, 0.2) is 30.3 Å². The molecule has 0 saturated carbocycles. The monoisotopic (exact) mass is 558 g/mol. The van der Waals surface area contributed by atoms with Crippen LogP contribution in [0.25, 0.3) is 0 Å². The molecule has 1 aromatic rings. The quantitative estimate of drug-likeness (QED) is 0.0819. The lowest BCUT2D eigenvalue weighted by Gasteiger charge is -2.31. The van der Waals surface area contributed by atoms with Crippen LogP contribution in [-0.4, -0.2) is 112 Å². The van der Waals surface area contributed by atoms with Gasteiger partial charge in [-0.25, -0.2) is 0 Å². The second-order valence-corrected chi connectivity index (χ2v) is 9.07. The van der Waals surface area contributed by atoms with Crippen LogP contribution >= 0.6 is 11.8 Å². The minimum atomic E-state index is -1.77. The van der Waals surface area contributed by atoms with E-state index in [1.165, 1.54) is 11.8 Å². The number of aliphatic hydroxyl groups excluding tert-OH is 3. The predicted octanol–water partition coefficient (Wildman–Crippen LogP) is -2.55. The van der Waals surface area contributed by atoms with Crippen molar-refractivity contribution in [2.45, 2.75) is 49.3 Å². The molecule has 212 valence electrons. The third-order valence-corrected chi connectivity index (χ3v) is 5.89. The van der Waals surface area contributed by atoms with Crippen LogP contribution < -0.4 is 21.7 Å². The molecular weight excluding hydrogens is 524 g/mol. The molecule has 14 nitrogen and oxygen atoms in total. The Bertz CT molecular complexity index is 923. The van der Waals surface area contributed by atoms with E-state index in [9.17, 15) is 39.3 Å². The molecule has 0 radical (unpaired) electrons. The van der Waals surface area contributed by atoms with Crippen LogP contribution in [0.2, 0.25) is 0 Å². The fraction of sp³-hybridized carbons (Fsp3) is 0.522. The Morgan fingerprint density at radius 3 is 2.29 bits per heavy atom. The fourth-order valence-corrected chi connectivity index (χ4v) is 3.81. The van der Waals surface area contributed by atoms with Crippen LogP contribution in [0.5, 0.6) is 0 Å². The molecule has 0 aliphatic carbocycles. The normalized spacial score (nSPS) is 15.7. The minimum absolute atomic E-state index is 0.0732. The smallest absolute Gasteiger partial charge is 0.303 e. The van der Waals surface area contributed by atoms with Gasteiger partial charge in [0.25, 0.3) is 0 Å². The molecule has 38 heavy (non-hydrogen) atoms. The Hall–Kier alpha value is -3.24. The molecule has 0 spiro atoms. The van der Waals surface area contributed by atoms with Crippen molar-refractivity contribution < 1.29 is 49.1 Å². The van der Waals surface area contributed by atoms with Crippen molar-refractivity contribution in [3.63, 3.8) is 0 Å². The summed E-state index contributed by atoms with van der Waals surface area (Å²) < 4.78 is 5.45. The Morgan fingerprint density at radius 1 is 1.11 bits per heavy atom. The first-order valence-electron chi connectivity index (χ1n) is 11.5. The van der Waals surface area contributed by atoms with E-state index in [1.54, 1.807) is 36.6 Å². The molecule has 0 bridgehead atoms. The zero-order chi connectivity index (χ0) is 28.7. The number of nitrogens with one attached hydrogen (secondary N) is 3. The van der Waals surface area contributed by atoms with Crippen LogP contribution in [0.4, 0.5) is 5.69 Å². The number of aldehydes is 1. The van der Waals surface area contributed by atoms with Gasteiger partial charge in [-0.1, -0.05) is 18.2 Å². The Morgan fingerprint density at radius 2 is 1.76 bits per heavy atom. The number of benzene rings is 1. The number of hydrogen-bond donors (Lipinski definition) is 8. The molecule has 2 unspecified atom stereocenters. The van der Waals surface area contributed by atoms with Gasteiger partial charge in [-0.3, -0.25) is 19.2 Å². The van der Waals surface area contributed by atoms with Crippen LogP contribution in [0.3, 0.4) is 0 Å². The number of nitrogens with two attached hydrogens (primary N) is 1. The molecule has 0 aromatic heterocycles. The average molecular weight is 559 g/mol. The molecule has 0 saturated heterocycles. The highest BCUT2D eigenvalue weighted by atomic mass is 32.2. The number of thioether (sulfide) groups is 1. The van der Waals surface area contributed by atoms with Gasteiger partial charge in [0.05, 0.1) is 6.61 Å². The summed E-state index contributed by atoms with van der Waals surface area (Å²) in [7, 11) is 0. The topological polar surface area (TPSA) is 238 Å². The highest BCUT2D eigenvalue weighted by molar-refractivity contribution is 7.98. The Labute approximate surface area is 223 Å². The van der Waals surface area contributed by atoms with Crippen molar-refractivity contribution in [1.29, 1.82) is 0 Å². The summed E-state index contributed by atoms with van der Waals surface area (Å²) in [6.45, 7) is -1.60. The first-order chi connectivity index (χ1) is 18.0. The van der Waals surface area contributed by atoms with Gasteiger partial charge in [0, 0.05) is 17.9 Å². The Balaban J connectivity index is 2.92. The van der Waals surface area contributed by atoms with Crippen molar-refractivity contribution in [2.24, 2.45) is 5.73 Å². The molecular formula is C23H34N4O10S. The molecule has 15 heteroatoms. The maximum atomic E-state index is 12.7. The number of para-hydroxylation sites is 1. The maximum absolute atomic E-state index is 12.7. The number of carbonyl (C=O) groups is 5. The maximum Gasteiger partial charge on any atom is 0.303 e. The molecule has 0 aliphatic heterocycles. The van der Waals surface area contributed by atoms with Gasteiger partial charge in [-0.2, -0.15) is 11.8 Å². The van der Waals surface area contributed by atoms with Crippen LogP contribution in [0.1, 0.15) is 12.8 Å². The number of aliphatic carboxylic acids is 1. The van der Waals surface area contributed by atoms with E-state index < -0.39 is 79.8 Å². The summed E-state index contributed by atoms with van der Waals surface area (Å²) in [6.07, 6.45) is -3.53. The number of primary amides is 1. The third kappa shape index (κ3) is 11.4. The van der Waals surface area contributed by atoms with Gasteiger partial charge in [0.2, 0.25) is 17.7 Å². The van der Waals surface area contributed by atoms with Gasteiger partial charge in [0.1, 0.15) is 49.3 Å². The molecule has 0 heterocycles. The van der Waals surface area contributed by atoms with Gasteiger partial charge < -0.3 is 51.6 Å². The lowest BCUT2D eigenvalue weighted by Crippen LogP contribution is -2.55. The first kappa shape index (κ1) is 32.8. The van der Waals surface area contributed by atoms with E-state index in [0.717, 1.165) is 0 Å². The van der Waals surface area contributed by atoms with Crippen LogP contribution in [0, 0.1) is 0 Å². The van der Waals surface area contributed by atoms with Crippen LogP contribution in [-0.2, 0) is 28.7 Å². The number of ether oxygens (including phenoxy) is 1. The number of carboxylic acid groups (broad SMARTS) is 1. The largest absolute Gasteiger partial charge is 0.481 e. The third-order valence-electron chi connectivity index (χ3n) is 5.22. The van der Waals surface area contributed by atoms with Crippen molar-refractivity contribution >= 4 is 47.4 Å². The van der Waals surface area contributed by atoms with Crippen molar-refractivity contribution in [3.8, 4) is 0 Å². The van der Waals surface area contributed by atoms with Gasteiger partial charge >= 0.3 is 5.97 Å². The Kier molecular flexibility index (Phi) is 14.9. The molecule has 9 N–H and O–H groups in total. The lowest BCUT2D eigenvalue weighted by molar-refractivity contribution is -0.142. The van der Waals surface area contributed by atoms with Crippen molar-refractivity contribution in [2.75, 3.05) is 30.5 Å². The highest BCUT2D eigenvalue weighted by Crippen LogP contribution is 2.15. The number of aliphatic hydroxyl groups is 3. The van der Waals surface area contributed by atoms with E-state index >= 15 is 0 Å². The highest BCUT2D eigenvalue weighted by Gasteiger charge is 2.35. The van der Waals surface area contributed by atoms with E-state index in [1.807, 2.05) is 0 Å². The standard InChI is InChI=1S/C23H34N4O10S/c1-38-12-16(23(36)27-14(22(24)35)7-8-19(32)33)26-18(31)11-37-21(20(34)17(30)10-29)15(9-28)25-13-5-3-2-4-6-13/h2-6,9,14-17,20-21,25,29-30,34H,7-8,10-12H2,1H3,(H2,24,35)(H,26,31)(H,27,36)(H,32,33)/t14?,15-,16?,17+,20+,21+/m0/s1. The summed E-state index contributed by atoms with van der Waals surface area (Å²) in [5, 5.41) is 45.9. The average Bonchev–Trinajstić information content (AvgIpc) is 2.89. The number of hydrogen-bond acceptors (Lipinski definition) is 11. The molecule has 0 fully saturated rings. The SMILES string of the molecule is CSCC(NC(=O)CO[C@@H]([C@H](O)[C@H](O)CO)[C@H](C=O)Nc1ccccc1)C(=O)NC(CCC(=O)O)C(N)=O. The van der Waals surface area contributed by atoms with Gasteiger partial charge in [0.15, 0.2) is 0 Å². The molecule has 1 rings (SSSR count). The van der Waals surface area contributed by atoms with Gasteiger partial charge in [-0.05, 0) is 24.8 Å². The molecule has 6 atom stereocenters. The number of rotatable bonds is 19. The molecule has 3 amide bonds. The number of carboxylic acids is 1. The predicted molar refractivity (Wildman–Crippen MR) is 137 cm³/mol. The summed E-state index contributed by atoms with van der Waals surface area (Å²) in [5.41, 5.74) is 5.72. The van der Waals surface area contributed by atoms with E-state index in [0.29, 0.717) is 12.0 Å². The summed E-state index contributed by atoms with van der Waals surface area (Å²) in [5.74, 6) is -3.67. The van der Waals surface area contributed by atoms with E-state index in [-0.39, 0.29) is 12.2 Å². The minimum Gasteiger partial charge on any atom is -0.481 e. The molecule has 1 aromatic carbocycles. The second kappa shape index (κ2) is 17.3. The molecule has 0 aliphatic rings. The zero-order valence-electron chi connectivity index (χ0n) is 20.7. The van der Waals surface area contributed by atoms with E-state index in [2.05, 4.69) is 16.0 Å². The summed E-state index contributed by atoms with van der Waals surface area (Å²) >= 11 is 1.20.